The maximum atomic E-state index is 5.13. The highest BCUT2D eigenvalue weighted by molar-refractivity contribution is 9.09. The Morgan fingerprint density at radius 2 is 2.27 bits per heavy atom. The van der Waals surface area contributed by atoms with Gasteiger partial charge in [-0.25, -0.2) is 0 Å². The van der Waals surface area contributed by atoms with E-state index in [-0.39, 0.29) is 0 Å². The number of methoxy groups -OCH3 is 1. The van der Waals surface area contributed by atoms with Gasteiger partial charge in [0.25, 0.3) is 0 Å². The Bertz CT molecular complexity index is 315. The molecule has 0 radical (unpaired) electrons. The van der Waals surface area contributed by atoms with Crippen LogP contribution in [0.15, 0.2) is 6.07 Å². The summed E-state index contributed by atoms with van der Waals surface area (Å²) in [5.74, 6) is 1.45. The van der Waals surface area contributed by atoms with Gasteiger partial charge in [0.2, 0.25) is 5.88 Å². The van der Waals surface area contributed by atoms with Gasteiger partial charge in [-0.1, -0.05) is 28.8 Å². The molecule has 4 heteroatoms. The number of ether oxygens (including phenoxy) is 1. The first-order valence-electron chi connectivity index (χ1n) is 5.44. The SMILES string of the molecule is COc1cc(C2CCCCC(Br)C2)sn1. The summed E-state index contributed by atoms with van der Waals surface area (Å²) in [7, 11) is 1.68. The van der Waals surface area contributed by atoms with Crippen LogP contribution >= 0.6 is 27.5 Å². The highest BCUT2D eigenvalue weighted by atomic mass is 79.9. The van der Waals surface area contributed by atoms with Crippen molar-refractivity contribution in [2.45, 2.75) is 42.8 Å². The van der Waals surface area contributed by atoms with Crippen LogP contribution in [0.5, 0.6) is 5.88 Å². The van der Waals surface area contributed by atoms with Crippen LogP contribution in [0.2, 0.25) is 0 Å². The number of rotatable bonds is 2. The lowest BCUT2D eigenvalue weighted by atomic mass is 9.99. The maximum absolute atomic E-state index is 5.13. The van der Waals surface area contributed by atoms with E-state index in [2.05, 4.69) is 26.4 Å². The molecule has 0 bridgehead atoms. The first-order valence-corrected chi connectivity index (χ1v) is 7.13. The first kappa shape index (κ1) is 11.4. The minimum absolute atomic E-state index is 0.679. The topological polar surface area (TPSA) is 22.1 Å². The number of aromatic nitrogens is 1. The molecule has 2 atom stereocenters. The lowest BCUT2D eigenvalue weighted by Crippen LogP contribution is -2.01. The van der Waals surface area contributed by atoms with E-state index in [4.69, 9.17) is 4.74 Å². The molecule has 2 rings (SSSR count). The van der Waals surface area contributed by atoms with Crippen LogP contribution in [0.25, 0.3) is 0 Å². The van der Waals surface area contributed by atoms with E-state index >= 15 is 0 Å². The monoisotopic (exact) mass is 289 g/mol. The van der Waals surface area contributed by atoms with Gasteiger partial charge >= 0.3 is 0 Å². The molecule has 0 aromatic carbocycles. The third-order valence-electron chi connectivity index (χ3n) is 2.98. The van der Waals surface area contributed by atoms with E-state index in [0.717, 1.165) is 5.88 Å². The Kier molecular flexibility index (Phi) is 4.03. The molecule has 2 unspecified atom stereocenters. The van der Waals surface area contributed by atoms with Crippen molar-refractivity contribution in [2.24, 2.45) is 0 Å². The van der Waals surface area contributed by atoms with Crippen molar-refractivity contribution < 1.29 is 4.74 Å². The smallest absolute Gasteiger partial charge is 0.225 e. The molecular formula is C11H16BrNOS. The van der Waals surface area contributed by atoms with Crippen molar-refractivity contribution in [3.8, 4) is 5.88 Å². The fourth-order valence-corrected chi connectivity index (χ4v) is 3.73. The van der Waals surface area contributed by atoms with Gasteiger partial charge in [0.15, 0.2) is 0 Å². The molecule has 1 fully saturated rings. The van der Waals surface area contributed by atoms with E-state index < -0.39 is 0 Å². The maximum Gasteiger partial charge on any atom is 0.225 e. The molecule has 2 nitrogen and oxygen atoms in total. The number of halogens is 1. The van der Waals surface area contributed by atoms with Crippen LogP contribution < -0.4 is 4.74 Å². The van der Waals surface area contributed by atoms with Gasteiger partial charge in [0, 0.05) is 15.8 Å². The van der Waals surface area contributed by atoms with Gasteiger partial charge in [0.1, 0.15) is 0 Å². The van der Waals surface area contributed by atoms with Gasteiger partial charge in [-0.3, -0.25) is 0 Å². The summed E-state index contributed by atoms with van der Waals surface area (Å²) in [5, 5.41) is 0. The molecule has 1 aromatic rings. The second-order valence-electron chi connectivity index (χ2n) is 4.09. The summed E-state index contributed by atoms with van der Waals surface area (Å²) < 4.78 is 9.40. The first-order chi connectivity index (χ1) is 7.29. The number of nitrogens with zero attached hydrogens (tertiary/aromatic N) is 1. The van der Waals surface area contributed by atoms with Gasteiger partial charge in [-0.2, -0.15) is 4.37 Å². The largest absolute Gasteiger partial charge is 0.480 e. The molecule has 0 saturated heterocycles. The molecule has 1 aromatic heterocycles. The molecule has 0 amide bonds. The Balaban J connectivity index is 2.07. The van der Waals surface area contributed by atoms with E-state index in [1.165, 1.54) is 37.0 Å². The van der Waals surface area contributed by atoms with Crippen molar-refractivity contribution in [2.75, 3.05) is 7.11 Å². The second kappa shape index (κ2) is 5.30. The average Bonchev–Trinajstić information content (AvgIpc) is 2.61. The van der Waals surface area contributed by atoms with Gasteiger partial charge in [-0.05, 0) is 36.7 Å². The summed E-state index contributed by atoms with van der Waals surface area (Å²) >= 11 is 5.35. The lowest BCUT2D eigenvalue weighted by molar-refractivity contribution is 0.402. The normalized spacial score (nSPS) is 27.3. The van der Waals surface area contributed by atoms with E-state index in [9.17, 15) is 0 Å². The van der Waals surface area contributed by atoms with Crippen LogP contribution in [-0.4, -0.2) is 16.3 Å². The second-order valence-corrected chi connectivity index (χ2v) is 6.22. The number of hydrogen-bond acceptors (Lipinski definition) is 3. The Morgan fingerprint density at radius 1 is 1.47 bits per heavy atom. The fraction of sp³-hybridized carbons (Fsp3) is 0.727. The molecular weight excluding hydrogens is 274 g/mol. The molecule has 84 valence electrons. The van der Waals surface area contributed by atoms with Gasteiger partial charge in [-0.15, -0.1) is 0 Å². The third-order valence-corrected chi connectivity index (χ3v) is 4.74. The Hall–Kier alpha value is -0.0900. The third kappa shape index (κ3) is 2.94. The minimum atomic E-state index is 0.679. The summed E-state index contributed by atoms with van der Waals surface area (Å²) in [6, 6.07) is 2.10. The van der Waals surface area contributed by atoms with E-state index in [1.807, 2.05) is 0 Å². The van der Waals surface area contributed by atoms with E-state index in [1.54, 1.807) is 18.6 Å². The van der Waals surface area contributed by atoms with Gasteiger partial charge in [0.05, 0.1) is 7.11 Å². The summed E-state index contributed by atoms with van der Waals surface area (Å²) in [6.45, 7) is 0. The van der Waals surface area contributed by atoms with Crippen molar-refractivity contribution in [1.29, 1.82) is 0 Å². The lowest BCUT2D eigenvalue weighted by Gasteiger charge is -2.13. The van der Waals surface area contributed by atoms with Crippen LogP contribution in [0.3, 0.4) is 0 Å². The molecule has 1 aliphatic carbocycles. The molecule has 15 heavy (non-hydrogen) atoms. The van der Waals surface area contributed by atoms with Crippen molar-refractivity contribution in [3.05, 3.63) is 10.9 Å². The standard InChI is InChI=1S/C11H16BrNOS/c1-14-11-7-10(15-13-11)8-4-2-3-5-9(12)6-8/h7-9H,2-6H2,1H3. The van der Waals surface area contributed by atoms with Crippen molar-refractivity contribution in [1.82, 2.24) is 4.37 Å². The molecule has 1 aliphatic rings. The minimum Gasteiger partial charge on any atom is -0.480 e. The van der Waals surface area contributed by atoms with Crippen molar-refractivity contribution in [3.63, 3.8) is 0 Å². The zero-order valence-corrected chi connectivity index (χ0v) is 11.3. The quantitative estimate of drug-likeness (QED) is 0.607. The number of hydrogen-bond donors (Lipinski definition) is 0. The zero-order chi connectivity index (χ0) is 10.7. The summed E-state index contributed by atoms with van der Waals surface area (Å²) in [6.07, 6.45) is 6.54. The fourth-order valence-electron chi connectivity index (χ4n) is 2.12. The average molecular weight is 290 g/mol. The molecule has 1 heterocycles. The van der Waals surface area contributed by atoms with Crippen molar-refractivity contribution >= 4 is 27.5 Å². The molecule has 1 saturated carbocycles. The number of alkyl halides is 1. The van der Waals surface area contributed by atoms with E-state index in [0.29, 0.717) is 10.7 Å². The Morgan fingerprint density at radius 3 is 3.00 bits per heavy atom. The summed E-state index contributed by atoms with van der Waals surface area (Å²) in [4.78, 5) is 2.07. The predicted molar refractivity (Wildman–Crippen MR) is 67.2 cm³/mol. The predicted octanol–water partition coefficient (Wildman–Crippen LogP) is 3.96. The zero-order valence-electron chi connectivity index (χ0n) is 8.91. The molecule has 0 aliphatic heterocycles. The van der Waals surface area contributed by atoms with Crippen LogP contribution in [-0.2, 0) is 0 Å². The Labute approximate surface area is 103 Å². The molecule has 0 N–H and O–H groups in total. The molecule has 0 spiro atoms. The van der Waals surface area contributed by atoms with Crippen LogP contribution in [0, 0.1) is 0 Å². The summed E-state index contributed by atoms with van der Waals surface area (Å²) in [5.41, 5.74) is 0. The highest BCUT2D eigenvalue weighted by Crippen LogP contribution is 2.37. The van der Waals surface area contributed by atoms with Crippen LogP contribution in [0.1, 0.15) is 42.9 Å². The van der Waals surface area contributed by atoms with Crippen LogP contribution in [0.4, 0.5) is 0 Å². The highest BCUT2D eigenvalue weighted by Gasteiger charge is 2.21. The van der Waals surface area contributed by atoms with Gasteiger partial charge < -0.3 is 4.74 Å².